The highest BCUT2D eigenvalue weighted by atomic mass is 35.5. The second-order valence-electron chi connectivity index (χ2n) is 10.7. The molecule has 9 heteroatoms. The van der Waals surface area contributed by atoms with Gasteiger partial charge in [0.1, 0.15) is 0 Å². The summed E-state index contributed by atoms with van der Waals surface area (Å²) in [6, 6.07) is 12.8. The molecule has 1 saturated heterocycles. The summed E-state index contributed by atoms with van der Waals surface area (Å²) in [6.07, 6.45) is 3.67. The lowest BCUT2D eigenvalue weighted by Gasteiger charge is -2.51. The molecule has 2 aromatic carbocycles. The summed E-state index contributed by atoms with van der Waals surface area (Å²) in [4.78, 5) is 28.4. The molecule has 1 heterocycles. The fourth-order valence-corrected chi connectivity index (χ4v) is 6.35. The third-order valence-corrected chi connectivity index (χ3v) is 9.12. The number of rotatable bonds is 5. The van der Waals surface area contributed by atoms with Crippen molar-refractivity contribution in [3.8, 4) is 0 Å². The van der Waals surface area contributed by atoms with E-state index in [1.807, 2.05) is 30.9 Å². The van der Waals surface area contributed by atoms with Crippen LogP contribution in [0.3, 0.4) is 0 Å². The Kier molecular flexibility index (Phi) is 7.25. The summed E-state index contributed by atoms with van der Waals surface area (Å²) in [5, 5.41) is 15.2. The summed E-state index contributed by atoms with van der Waals surface area (Å²) >= 11 is 6.03. The second kappa shape index (κ2) is 9.80. The molecule has 2 amide bonds. The number of carbonyl (C=O) groups excluding carboxylic acids is 2. The molecule has 1 saturated carbocycles. The van der Waals surface area contributed by atoms with Gasteiger partial charge in [0.2, 0.25) is 5.91 Å². The van der Waals surface area contributed by atoms with Gasteiger partial charge in [-0.2, -0.15) is 0 Å². The molecule has 2 N–H and O–H groups in total. The highest BCUT2D eigenvalue weighted by Crippen LogP contribution is 2.46. The van der Waals surface area contributed by atoms with Crippen molar-refractivity contribution >= 4 is 33.3 Å². The first-order valence-corrected chi connectivity index (χ1v) is 14.5. The number of hydrogen-bond donors (Lipinski definition) is 2. The maximum Gasteiger partial charge on any atom is 0.251 e. The molecular weight excluding hydrogens is 500 g/mol. The van der Waals surface area contributed by atoms with E-state index in [0.717, 1.165) is 18.2 Å². The lowest BCUT2D eigenvalue weighted by atomic mass is 9.66. The first-order valence-electron chi connectivity index (χ1n) is 12.2. The summed E-state index contributed by atoms with van der Waals surface area (Å²) in [7, 11) is -3.44. The van der Waals surface area contributed by atoms with Crippen LogP contribution in [0.2, 0.25) is 5.02 Å². The fraction of sp³-hybridized carbons (Fsp3) is 0.481. The van der Waals surface area contributed by atoms with Gasteiger partial charge in [-0.05, 0) is 55.2 Å². The third kappa shape index (κ3) is 5.17. The van der Waals surface area contributed by atoms with Crippen molar-refractivity contribution in [3.63, 3.8) is 0 Å². The Morgan fingerprint density at radius 1 is 1.11 bits per heavy atom. The van der Waals surface area contributed by atoms with Gasteiger partial charge in [0.25, 0.3) is 5.91 Å². The average Bonchev–Trinajstić information content (AvgIpc) is 3.28. The molecule has 0 bridgehead atoms. The maximum absolute atomic E-state index is 13.6. The minimum atomic E-state index is -3.44. The zero-order valence-corrected chi connectivity index (χ0v) is 22.4. The Hall–Kier alpha value is -2.42. The Bertz CT molecular complexity index is 1260. The molecule has 36 heavy (non-hydrogen) atoms. The van der Waals surface area contributed by atoms with E-state index in [-0.39, 0.29) is 34.2 Å². The van der Waals surface area contributed by atoms with Crippen molar-refractivity contribution in [3.05, 3.63) is 64.7 Å². The van der Waals surface area contributed by atoms with E-state index in [4.69, 9.17) is 11.6 Å². The van der Waals surface area contributed by atoms with Gasteiger partial charge >= 0.3 is 0 Å². The Balaban J connectivity index is 1.46. The van der Waals surface area contributed by atoms with Crippen molar-refractivity contribution in [2.24, 2.45) is 11.3 Å². The van der Waals surface area contributed by atoms with Crippen molar-refractivity contribution < 1.29 is 23.1 Å². The molecule has 0 radical (unpaired) electrons. The first-order chi connectivity index (χ1) is 16.8. The van der Waals surface area contributed by atoms with Crippen LogP contribution in [-0.4, -0.2) is 55.6 Å². The van der Waals surface area contributed by atoms with Crippen molar-refractivity contribution in [2.75, 3.05) is 19.3 Å². The lowest BCUT2D eigenvalue weighted by molar-refractivity contribution is -0.156. The van der Waals surface area contributed by atoms with E-state index in [1.54, 1.807) is 24.3 Å². The average molecular weight is 533 g/mol. The second-order valence-corrected chi connectivity index (χ2v) is 13.1. The molecule has 194 valence electrons. The van der Waals surface area contributed by atoms with E-state index in [9.17, 15) is 23.1 Å². The Morgan fingerprint density at radius 2 is 1.81 bits per heavy atom. The smallest absolute Gasteiger partial charge is 0.251 e. The normalized spacial score (nSPS) is 26.0. The monoisotopic (exact) mass is 532 g/mol. The molecule has 0 spiro atoms. The SMILES string of the molecule is CC1(C)CN(C(=O)[C@H]2CCC[C@H]2NC(=O)c2cccc(S(C)(=O)=O)c2)CC[C@]1(O)c1ccc(Cl)cc1. The molecule has 1 aliphatic heterocycles. The number of piperidine rings is 1. The predicted molar refractivity (Wildman–Crippen MR) is 138 cm³/mol. The Labute approximate surface area is 217 Å². The first kappa shape index (κ1) is 26.6. The van der Waals surface area contributed by atoms with E-state index < -0.39 is 20.9 Å². The molecule has 0 unspecified atom stereocenters. The standard InChI is InChI=1S/C27H33ClN2O5S/c1-26(2)17-30(15-14-27(26,33)19-10-12-20(28)13-11-19)25(32)22-8-5-9-23(22)29-24(31)18-6-4-7-21(16-18)36(3,34)35/h4,6-7,10-13,16,22-23,33H,5,8-9,14-15,17H2,1-3H3,(H,29,31)/t22-,23+,27-/m0/s1. The van der Waals surface area contributed by atoms with Crippen molar-refractivity contribution in [2.45, 2.75) is 56.1 Å². The van der Waals surface area contributed by atoms with Gasteiger partial charge in [0, 0.05) is 41.4 Å². The molecule has 4 rings (SSSR count). The van der Waals surface area contributed by atoms with Crippen LogP contribution in [0.15, 0.2) is 53.4 Å². The lowest BCUT2D eigenvalue weighted by Crippen LogP contribution is -2.58. The molecular formula is C27H33ClN2O5S. The van der Waals surface area contributed by atoms with Crippen LogP contribution in [-0.2, 0) is 20.2 Å². The van der Waals surface area contributed by atoms with Gasteiger partial charge in [-0.25, -0.2) is 8.42 Å². The number of halogens is 1. The summed E-state index contributed by atoms with van der Waals surface area (Å²) in [5.41, 5.74) is -0.657. The van der Waals surface area contributed by atoms with Crippen LogP contribution in [0.1, 0.15) is 55.5 Å². The van der Waals surface area contributed by atoms with Crippen LogP contribution < -0.4 is 5.32 Å². The fourth-order valence-electron chi connectivity index (χ4n) is 5.55. The molecule has 3 atom stereocenters. The largest absolute Gasteiger partial charge is 0.384 e. The highest BCUT2D eigenvalue weighted by molar-refractivity contribution is 7.90. The summed E-state index contributed by atoms with van der Waals surface area (Å²) < 4.78 is 23.7. The Morgan fingerprint density at radius 3 is 2.44 bits per heavy atom. The molecule has 2 aromatic rings. The predicted octanol–water partition coefficient (Wildman–Crippen LogP) is 3.79. The van der Waals surface area contributed by atoms with Crippen molar-refractivity contribution in [1.82, 2.24) is 10.2 Å². The molecule has 2 fully saturated rings. The minimum Gasteiger partial charge on any atom is -0.384 e. The number of aliphatic hydroxyl groups is 1. The van der Waals surface area contributed by atoms with E-state index in [2.05, 4.69) is 5.32 Å². The van der Waals surface area contributed by atoms with E-state index >= 15 is 0 Å². The van der Waals surface area contributed by atoms with E-state index in [0.29, 0.717) is 37.4 Å². The van der Waals surface area contributed by atoms with Gasteiger partial charge in [0.15, 0.2) is 9.84 Å². The van der Waals surface area contributed by atoms with E-state index in [1.165, 1.54) is 12.1 Å². The number of nitrogens with zero attached hydrogens (tertiary/aromatic N) is 1. The van der Waals surface area contributed by atoms with Crippen LogP contribution in [0.4, 0.5) is 0 Å². The molecule has 2 aliphatic rings. The van der Waals surface area contributed by atoms with Gasteiger partial charge in [-0.3, -0.25) is 9.59 Å². The van der Waals surface area contributed by atoms with Crippen LogP contribution >= 0.6 is 11.6 Å². The zero-order chi connectivity index (χ0) is 26.3. The zero-order valence-electron chi connectivity index (χ0n) is 20.8. The van der Waals surface area contributed by atoms with Crippen molar-refractivity contribution in [1.29, 1.82) is 0 Å². The van der Waals surface area contributed by atoms with Crippen LogP contribution in [0, 0.1) is 11.3 Å². The quantitative estimate of drug-likeness (QED) is 0.610. The molecule has 0 aromatic heterocycles. The summed E-state index contributed by atoms with van der Waals surface area (Å²) in [5.74, 6) is -0.764. The van der Waals surface area contributed by atoms with Crippen LogP contribution in [0.25, 0.3) is 0 Å². The number of benzene rings is 2. The number of likely N-dealkylation sites (tertiary alicyclic amines) is 1. The maximum atomic E-state index is 13.6. The summed E-state index contributed by atoms with van der Waals surface area (Å²) in [6.45, 7) is 4.72. The molecule has 7 nitrogen and oxygen atoms in total. The minimum absolute atomic E-state index is 0.0195. The van der Waals surface area contributed by atoms with Gasteiger partial charge in [0.05, 0.1) is 16.4 Å². The number of hydrogen-bond acceptors (Lipinski definition) is 5. The molecule has 1 aliphatic carbocycles. The number of sulfone groups is 1. The van der Waals surface area contributed by atoms with Crippen LogP contribution in [0.5, 0.6) is 0 Å². The van der Waals surface area contributed by atoms with Gasteiger partial charge in [-0.1, -0.05) is 50.1 Å². The van der Waals surface area contributed by atoms with Gasteiger partial charge < -0.3 is 15.3 Å². The topological polar surface area (TPSA) is 104 Å². The highest BCUT2D eigenvalue weighted by Gasteiger charge is 2.50. The third-order valence-electron chi connectivity index (χ3n) is 7.76. The number of nitrogens with one attached hydrogen (secondary N) is 1. The van der Waals surface area contributed by atoms with Gasteiger partial charge in [-0.15, -0.1) is 0 Å². The number of amides is 2. The number of carbonyl (C=O) groups is 2.